The molecule has 0 saturated carbocycles. The molecule has 14 heteroatoms. The van der Waals surface area contributed by atoms with Crippen LogP contribution in [0.25, 0.3) is 0 Å². The number of aromatic amines is 1. The fourth-order valence-electron chi connectivity index (χ4n) is 3.19. The van der Waals surface area contributed by atoms with E-state index in [4.69, 9.17) is 5.73 Å². The maximum Gasteiger partial charge on any atom is 0.328 e. The number of phenolic OH excluding ortho intramolecular Hbond substituents is 1. The minimum Gasteiger partial charge on any atom is -0.508 e. The number of aromatic nitrogens is 2. The molecule has 5 atom stereocenters. The van der Waals surface area contributed by atoms with E-state index in [1.807, 2.05) is 0 Å². The van der Waals surface area contributed by atoms with E-state index in [1.54, 1.807) is 12.1 Å². The first kappa shape index (κ1) is 28.6. The van der Waals surface area contributed by atoms with E-state index in [0.717, 1.165) is 0 Å². The van der Waals surface area contributed by atoms with Crippen LogP contribution in [0.4, 0.5) is 0 Å². The number of hydrogen-bond donors (Lipinski definition) is 9. The average molecular weight is 523 g/mol. The summed E-state index contributed by atoms with van der Waals surface area (Å²) < 4.78 is 0. The summed E-state index contributed by atoms with van der Waals surface area (Å²) in [7, 11) is 0. The van der Waals surface area contributed by atoms with Gasteiger partial charge < -0.3 is 42.0 Å². The van der Waals surface area contributed by atoms with Gasteiger partial charge in [-0.2, -0.15) is 12.6 Å². The van der Waals surface area contributed by atoms with E-state index in [1.165, 1.54) is 31.6 Å². The number of phenols is 1. The third-order valence-corrected chi connectivity index (χ3v) is 5.57. The van der Waals surface area contributed by atoms with Gasteiger partial charge in [0.25, 0.3) is 0 Å². The van der Waals surface area contributed by atoms with Gasteiger partial charge in [0.05, 0.1) is 18.5 Å². The molecule has 0 bridgehead atoms. The first-order valence-electron chi connectivity index (χ1n) is 10.9. The van der Waals surface area contributed by atoms with Crippen LogP contribution in [0.2, 0.25) is 0 Å². The number of amides is 3. The van der Waals surface area contributed by atoms with Crippen LogP contribution in [0.3, 0.4) is 0 Å². The largest absolute Gasteiger partial charge is 0.508 e. The Labute approximate surface area is 212 Å². The highest BCUT2D eigenvalue weighted by Crippen LogP contribution is 2.11. The van der Waals surface area contributed by atoms with Gasteiger partial charge in [-0.15, -0.1) is 0 Å². The summed E-state index contributed by atoms with van der Waals surface area (Å²) in [6.45, 7) is 1.20. The number of aliphatic hydroxyl groups excluding tert-OH is 1. The molecule has 0 radical (unpaired) electrons. The molecule has 9 N–H and O–H groups in total. The van der Waals surface area contributed by atoms with Crippen molar-refractivity contribution in [3.63, 3.8) is 0 Å². The van der Waals surface area contributed by atoms with Crippen molar-refractivity contribution in [2.45, 2.75) is 50.0 Å². The quantitative estimate of drug-likeness (QED) is 0.134. The van der Waals surface area contributed by atoms with Crippen LogP contribution < -0.4 is 21.7 Å². The maximum atomic E-state index is 12.9. The van der Waals surface area contributed by atoms with Gasteiger partial charge >= 0.3 is 5.97 Å². The Morgan fingerprint density at radius 3 is 2.17 bits per heavy atom. The summed E-state index contributed by atoms with van der Waals surface area (Å²) in [6, 6.07) is 1.12. The number of aliphatic carboxylic acids is 1. The van der Waals surface area contributed by atoms with Gasteiger partial charge in [0, 0.05) is 24.1 Å². The summed E-state index contributed by atoms with van der Waals surface area (Å²) >= 11 is 4.11. The minimum absolute atomic E-state index is 0.0698. The molecule has 5 unspecified atom stereocenters. The van der Waals surface area contributed by atoms with Crippen LogP contribution in [0.5, 0.6) is 5.75 Å². The number of hydrogen-bond acceptors (Lipinski definition) is 9. The molecule has 1 heterocycles. The van der Waals surface area contributed by atoms with Gasteiger partial charge in [0.1, 0.15) is 17.8 Å². The van der Waals surface area contributed by atoms with Crippen molar-refractivity contribution in [2.75, 3.05) is 5.75 Å². The number of aromatic hydroxyl groups is 1. The number of H-pyrrole nitrogens is 1. The Morgan fingerprint density at radius 2 is 1.64 bits per heavy atom. The second-order valence-corrected chi connectivity index (χ2v) is 8.49. The molecule has 1 aromatic carbocycles. The van der Waals surface area contributed by atoms with E-state index < -0.39 is 54.0 Å². The van der Waals surface area contributed by atoms with Crippen LogP contribution in [-0.4, -0.2) is 85.0 Å². The summed E-state index contributed by atoms with van der Waals surface area (Å²) in [4.78, 5) is 56.3. The Hall–Kier alpha value is -3.62. The van der Waals surface area contributed by atoms with E-state index in [2.05, 4.69) is 38.5 Å². The number of carboxylic acids is 1. The topological polar surface area (TPSA) is 220 Å². The third-order valence-electron chi connectivity index (χ3n) is 5.20. The average Bonchev–Trinajstić information content (AvgIpc) is 3.34. The van der Waals surface area contributed by atoms with Crippen molar-refractivity contribution in [3.8, 4) is 5.75 Å². The molecule has 0 aliphatic rings. The number of carbonyl (C=O) groups is 4. The lowest BCUT2D eigenvalue weighted by atomic mass is 10.1. The number of nitrogens with zero attached hydrogens (tertiary/aromatic N) is 1. The predicted octanol–water partition coefficient (Wildman–Crippen LogP) is -1.92. The number of rotatable bonds is 13. The van der Waals surface area contributed by atoms with Crippen molar-refractivity contribution in [1.29, 1.82) is 0 Å². The Bertz CT molecular complexity index is 1030. The smallest absolute Gasteiger partial charge is 0.328 e. The normalized spacial score (nSPS) is 15.1. The molecule has 196 valence electrons. The lowest BCUT2D eigenvalue weighted by Crippen LogP contribution is -2.59. The van der Waals surface area contributed by atoms with Crippen LogP contribution >= 0.6 is 12.6 Å². The Morgan fingerprint density at radius 1 is 1.03 bits per heavy atom. The Kier molecular flexibility index (Phi) is 10.7. The lowest BCUT2D eigenvalue weighted by molar-refractivity contribution is -0.145. The minimum atomic E-state index is -1.60. The third kappa shape index (κ3) is 8.55. The molecule has 0 spiro atoms. The van der Waals surface area contributed by atoms with Gasteiger partial charge in [-0.3, -0.25) is 14.4 Å². The molecule has 0 fully saturated rings. The molecular formula is C22H30N6O7S. The molecule has 13 nitrogen and oxygen atoms in total. The van der Waals surface area contributed by atoms with Gasteiger partial charge in [-0.25, -0.2) is 9.78 Å². The van der Waals surface area contributed by atoms with E-state index in [9.17, 15) is 34.5 Å². The number of carboxylic acid groups (broad SMARTS) is 1. The van der Waals surface area contributed by atoms with Gasteiger partial charge in [-0.1, -0.05) is 12.1 Å². The monoisotopic (exact) mass is 522 g/mol. The zero-order chi connectivity index (χ0) is 26.8. The van der Waals surface area contributed by atoms with Crippen molar-refractivity contribution < 1.29 is 34.5 Å². The maximum absolute atomic E-state index is 12.9. The summed E-state index contributed by atoms with van der Waals surface area (Å²) in [5.41, 5.74) is 7.13. The van der Waals surface area contributed by atoms with Crippen LogP contribution in [0, 0.1) is 0 Å². The number of thiol groups is 1. The molecule has 1 aromatic heterocycles. The van der Waals surface area contributed by atoms with Crippen molar-refractivity contribution in [2.24, 2.45) is 5.73 Å². The summed E-state index contributed by atoms with van der Waals surface area (Å²) in [5.74, 6) is -3.74. The number of imidazole rings is 1. The first-order valence-corrected chi connectivity index (χ1v) is 11.6. The van der Waals surface area contributed by atoms with E-state index in [0.29, 0.717) is 11.3 Å². The number of nitrogens with two attached hydrogens (primary N) is 1. The van der Waals surface area contributed by atoms with Gasteiger partial charge in [0.2, 0.25) is 17.7 Å². The predicted molar refractivity (Wildman–Crippen MR) is 131 cm³/mol. The van der Waals surface area contributed by atoms with Crippen LogP contribution in [0.15, 0.2) is 36.8 Å². The lowest BCUT2D eigenvalue weighted by Gasteiger charge is -2.25. The van der Waals surface area contributed by atoms with Gasteiger partial charge in [0.15, 0.2) is 6.04 Å². The van der Waals surface area contributed by atoms with Gasteiger partial charge in [-0.05, 0) is 31.0 Å². The highest BCUT2D eigenvalue weighted by Gasteiger charge is 2.32. The molecule has 0 aliphatic heterocycles. The van der Waals surface area contributed by atoms with E-state index in [-0.39, 0.29) is 24.3 Å². The first-order chi connectivity index (χ1) is 17.0. The number of aliphatic hydroxyl groups is 1. The molecule has 2 rings (SSSR count). The molecule has 0 saturated heterocycles. The number of benzene rings is 1. The molecule has 36 heavy (non-hydrogen) atoms. The standard InChI is InChI=1S/C22H30N6O7S/c1-11(29)18(22(34)35)28-20(32)16(7-13-8-24-10-25-13)26-21(33)17(9-36)27-19(31)15(23)6-12-2-4-14(30)5-3-12/h2-5,8,10-11,15-18,29-30,36H,6-7,9,23H2,1H3,(H,24,25)(H,26,33)(H,27,31)(H,28,32)(H,34,35). The number of carbonyl (C=O) groups excluding carboxylic acids is 3. The van der Waals surface area contributed by atoms with Crippen molar-refractivity contribution in [1.82, 2.24) is 25.9 Å². The molecule has 0 aliphatic carbocycles. The second-order valence-electron chi connectivity index (χ2n) is 8.13. The highest BCUT2D eigenvalue weighted by molar-refractivity contribution is 7.80. The molecule has 3 amide bonds. The number of nitrogens with one attached hydrogen (secondary N) is 4. The highest BCUT2D eigenvalue weighted by atomic mass is 32.1. The summed E-state index contributed by atoms with van der Waals surface area (Å²) in [6.07, 6.45) is 1.48. The zero-order valence-electron chi connectivity index (χ0n) is 19.4. The molecule has 2 aromatic rings. The molecular weight excluding hydrogens is 492 g/mol. The fraction of sp³-hybridized carbons (Fsp3) is 0.409. The van der Waals surface area contributed by atoms with E-state index >= 15 is 0 Å². The van der Waals surface area contributed by atoms with Crippen LogP contribution in [0.1, 0.15) is 18.2 Å². The van der Waals surface area contributed by atoms with Crippen molar-refractivity contribution in [3.05, 3.63) is 48.0 Å². The summed E-state index contributed by atoms with van der Waals surface area (Å²) in [5, 5.41) is 35.5. The van der Waals surface area contributed by atoms with Crippen LogP contribution in [-0.2, 0) is 32.0 Å². The van der Waals surface area contributed by atoms with Crippen molar-refractivity contribution >= 4 is 36.3 Å². The second kappa shape index (κ2) is 13.5. The zero-order valence-corrected chi connectivity index (χ0v) is 20.3. The fourth-order valence-corrected chi connectivity index (χ4v) is 3.45. The Balaban J connectivity index is 2.08. The SMILES string of the molecule is CC(O)C(NC(=O)C(Cc1cnc[nH]1)NC(=O)C(CS)NC(=O)C(N)Cc1ccc(O)cc1)C(=O)O.